The van der Waals surface area contributed by atoms with Gasteiger partial charge in [0.25, 0.3) is 0 Å². The molecular formula is C31H48O5. The Morgan fingerprint density at radius 3 is 2.64 bits per heavy atom. The first-order valence-electron chi connectivity index (χ1n) is 14.1. The topological polar surface area (TPSA) is 83.8 Å². The molecule has 0 amide bonds. The fourth-order valence-corrected chi connectivity index (χ4v) is 7.21. The van der Waals surface area contributed by atoms with Crippen LogP contribution in [0.15, 0.2) is 35.5 Å². The van der Waals surface area contributed by atoms with Gasteiger partial charge in [0.05, 0.1) is 18.4 Å². The molecule has 3 fully saturated rings. The molecule has 0 spiro atoms. The summed E-state index contributed by atoms with van der Waals surface area (Å²) in [6.45, 7) is 13.0. The molecule has 36 heavy (non-hydrogen) atoms. The molecule has 1 unspecified atom stereocenters. The number of esters is 1. The van der Waals surface area contributed by atoms with Gasteiger partial charge in [-0.25, -0.2) is 0 Å². The fraction of sp³-hybridized carbons (Fsp3) is 0.742. The zero-order valence-corrected chi connectivity index (χ0v) is 23.0. The SMILES string of the molecule is C=C1CC[C@H](O[13C](=O)[13CH2][13CH2][13C](=O)O)C/C1=C/C=C1/CCC[C@]2(C)[C@@H](C(C)CCCC(C)(C)O)CC[C@@H]12. The summed E-state index contributed by atoms with van der Waals surface area (Å²) in [6, 6.07) is 0. The van der Waals surface area contributed by atoms with Crippen LogP contribution in [0.25, 0.3) is 0 Å². The largest absolute Gasteiger partial charge is 0.481 e. The molecule has 202 valence electrons. The Hall–Kier alpha value is -1.88. The van der Waals surface area contributed by atoms with Crippen LogP contribution in [-0.2, 0) is 14.3 Å². The average Bonchev–Trinajstić information content (AvgIpc) is 3.14. The lowest BCUT2D eigenvalue weighted by molar-refractivity contribution is -0.152. The van der Waals surface area contributed by atoms with Crippen LogP contribution in [-0.4, -0.2) is 33.9 Å². The molecular weight excluding hydrogens is 456 g/mol. The first kappa shape index (κ1) is 28.7. The lowest BCUT2D eigenvalue weighted by atomic mass is 9.60. The van der Waals surface area contributed by atoms with Crippen molar-refractivity contribution in [2.45, 2.75) is 123 Å². The number of aliphatic carboxylic acids is 1. The van der Waals surface area contributed by atoms with E-state index in [0.717, 1.165) is 49.2 Å². The van der Waals surface area contributed by atoms with Crippen LogP contribution in [0.1, 0.15) is 111 Å². The molecule has 3 rings (SSSR count). The number of ether oxygens (including phenoxy) is 1. The van der Waals surface area contributed by atoms with Crippen molar-refractivity contribution in [3.8, 4) is 0 Å². The first-order valence-corrected chi connectivity index (χ1v) is 14.1. The number of allylic oxidation sites excluding steroid dienone is 4. The van der Waals surface area contributed by atoms with Gasteiger partial charge in [-0.15, -0.1) is 0 Å². The van der Waals surface area contributed by atoms with Crippen molar-refractivity contribution in [3.05, 3.63) is 35.5 Å². The minimum atomic E-state index is -0.978. The molecule has 5 nitrogen and oxygen atoms in total. The van der Waals surface area contributed by atoms with Crippen LogP contribution < -0.4 is 0 Å². The van der Waals surface area contributed by atoms with Crippen LogP contribution in [0.4, 0.5) is 0 Å². The molecule has 0 heterocycles. The van der Waals surface area contributed by atoms with Gasteiger partial charge in [-0.2, -0.15) is 0 Å². The molecule has 0 saturated heterocycles. The van der Waals surface area contributed by atoms with Crippen LogP contribution in [0.3, 0.4) is 0 Å². The van der Waals surface area contributed by atoms with Crippen molar-refractivity contribution < 1.29 is 24.5 Å². The molecule has 5 heteroatoms. The second-order valence-electron chi connectivity index (χ2n) is 12.6. The second-order valence-corrected chi connectivity index (χ2v) is 12.6. The second kappa shape index (κ2) is 12.1. The summed E-state index contributed by atoms with van der Waals surface area (Å²) in [4.78, 5) is 22.7. The Balaban J connectivity index is 1.64. The number of hydrogen-bond donors (Lipinski definition) is 2. The van der Waals surface area contributed by atoms with E-state index in [4.69, 9.17) is 9.84 Å². The fourth-order valence-electron chi connectivity index (χ4n) is 7.21. The number of carbonyl (C=O) groups is 2. The normalized spacial score (nSPS) is 31.9. The maximum atomic E-state index is 12.0. The lowest BCUT2D eigenvalue weighted by Gasteiger charge is -2.44. The van der Waals surface area contributed by atoms with Crippen molar-refractivity contribution in [1.82, 2.24) is 0 Å². The first-order chi connectivity index (χ1) is 16.9. The van der Waals surface area contributed by atoms with Crippen molar-refractivity contribution in [2.75, 3.05) is 0 Å². The summed E-state index contributed by atoms with van der Waals surface area (Å²) < 4.78 is 5.57. The van der Waals surface area contributed by atoms with Crippen molar-refractivity contribution in [1.29, 1.82) is 0 Å². The average molecular weight is 505 g/mol. The van der Waals surface area contributed by atoms with Gasteiger partial charge in [0, 0.05) is 6.42 Å². The third-order valence-corrected chi connectivity index (χ3v) is 9.18. The molecule has 0 aromatic rings. The van der Waals surface area contributed by atoms with Gasteiger partial charge >= 0.3 is 11.9 Å². The quantitative estimate of drug-likeness (QED) is 0.244. The van der Waals surface area contributed by atoms with Crippen molar-refractivity contribution in [2.24, 2.45) is 23.2 Å². The Morgan fingerprint density at radius 2 is 1.94 bits per heavy atom. The van der Waals surface area contributed by atoms with Gasteiger partial charge in [0.1, 0.15) is 6.10 Å². The van der Waals surface area contributed by atoms with Crippen LogP contribution in [0.2, 0.25) is 0 Å². The molecule has 3 saturated carbocycles. The molecule has 0 aromatic carbocycles. The van der Waals surface area contributed by atoms with Gasteiger partial charge in [0.2, 0.25) is 0 Å². The maximum absolute atomic E-state index is 12.0. The Morgan fingerprint density at radius 1 is 1.19 bits per heavy atom. The summed E-state index contributed by atoms with van der Waals surface area (Å²) >= 11 is 0. The van der Waals surface area contributed by atoms with E-state index in [1.165, 1.54) is 32.1 Å². The summed E-state index contributed by atoms with van der Waals surface area (Å²) in [5, 5.41) is 18.9. The monoisotopic (exact) mass is 504 g/mol. The number of fused-ring (bicyclic) bond motifs is 1. The predicted molar refractivity (Wildman–Crippen MR) is 143 cm³/mol. The van der Waals surface area contributed by atoms with E-state index in [9.17, 15) is 14.7 Å². The Kier molecular flexibility index (Phi) is 9.65. The predicted octanol–water partition coefficient (Wildman–Crippen LogP) is 7.15. The molecule has 0 radical (unpaired) electrons. The van der Waals surface area contributed by atoms with Crippen LogP contribution in [0, 0.1) is 23.2 Å². The van der Waals surface area contributed by atoms with E-state index in [2.05, 4.69) is 32.6 Å². The number of rotatable bonds is 10. The van der Waals surface area contributed by atoms with Gasteiger partial charge < -0.3 is 14.9 Å². The maximum Gasteiger partial charge on any atom is 0.306 e. The molecule has 3 aliphatic rings. The standard InChI is InChI=1S/C31H48O5/c1-21-10-13-25(36-29(34)17-16-28(32)33)20-24(21)12-11-23-9-7-19-31(5)26(14-15-27(23)31)22(2)8-6-18-30(3,4)35/h11-12,22,25-27,35H,1,6-10,13-20H2,2-5H3,(H,32,33)/b23-11-,24-12-/t22?,25-,26+,27-,31+/m0/s1/i16+1,17+1,28+1,29+1. The number of carboxylic acid groups (broad SMARTS) is 1. The molecule has 5 atom stereocenters. The smallest absolute Gasteiger partial charge is 0.306 e. The zero-order chi connectivity index (χ0) is 26.5. The molecule has 2 N–H and O–H groups in total. The zero-order valence-electron chi connectivity index (χ0n) is 23.0. The summed E-state index contributed by atoms with van der Waals surface area (Å²) in [6.07, 6.45) is 15.7. The van der Waals surface area contributed by atoms with Crippen LogP contribution in [0.5, 0.6) is 0 Å². The lowest BCUT2D eigenvalue weighted by Crippen LogP contribution is -2.36. The minimum Gasteiger partial charge on any atom is -0.481 e. The number of carboxylic acids is 1. The Labute approximate surface area is 218 Å². The highest BCUT2D eigenvalue weighted by Gasteiger charge is 2.50. The molecule has 0 aliphatic heterocycles. The third kappa shape index (κ3) is 7.57. The highest BCUT2D eigenvalue weighted by Crippen LogP contribution is 2.60. The van der Waals surface area contributed by atoms with E-state index in [1.807, 2.05) is 13.8 Å². The van der Waals surface area contributed by atoms with Gasteiger partial charge in [-0.05, 0) is 94.0 Å². The molecule has 0 aromatic heterocycles. The molecule has 3 aliphatic carbocycles. The van der Waals surface area contributed by atoms with E-state index in [-0.39, 0.29) is 18.9 Å². The van der Waals surface area contributed by atoms with E-state index < -0.39 is 17.5 Å². The third-order valence-electron chi connectivity index (χ3n) is 9.18. The number of aliphatic hydroxyl groups is 1. The van der Waals surface area contributed by atoms with Crippen molar-refractivity contribution in [3.63, 3.8) is 0 Å². The minimum absolute atomic E-state index is 0.0759. The van der Waals surface area contributed by atoms with Gasteiger partial charge in [-0.1, -0.05) is 56.6 Å². The van der Waals surface area contributed by atoms with E-state index in [0.29, 0.717) is 23.7 Å². The van der Waals surface area contributed by atoms with Crippen LogP contribution >= 0.6 is 0 Å². The van der Waals surface area contributed by atoms with Crippen molar-refractivity contribution >= 4 is 11.9 Å². The summed E-state index contributed by atoms with van der Waals surface area (Å²) in [5.74, 6) is 0.638. The highest BCUT2D eigenvalue weighted by atomic mass is 16.6. The summed E-state index contributed by atoms with van der Waals surface area (Å²) in [7, 11) is 0. The van der Waals surface area contributed by atoms with E-state index >= 15 is 0 Å². The van der Waals surface area contributed by atoms with E-state index in [1.54, 1.807) is 5.57 Å². The van der Waals surface area contributed by atoms with Gasteiger partial charge in [-0.3, -0.25) is 9.59 Å². The molecule has 0 bridgehead atoms. The highest BCUT2D eigenvalue weighted by molar-refractivity contribution is 5.76. The summed E-state index contributed by atoms with van der Waals surface area (Å²) in [5.41, 5.74) is 3.62. The van der Waals surface area contributed by atoms with Gasteiger partial charge in [0.15, 0.2) is 0 Å². The Bertz CT molecular complexity index is 876. The number of carbonyl (C=O) groups excluding carboxylic acids is 1. The number of hydrogen-bond acceptors (Lipinski definition) is 4.